The van der Waals surface area contributed by atoms with E-state index in [4.69, 9.17) is 4.74 Å². The molecule has 0 bridgehead atoms. The summed E-state index contributed by atoms with van der Waals surface area (Å²) >= 11 is 1.38. The number of aromatic nitrogens is 4. The van der Waals surface area contributed by atoms with Gasteiger partial charge in [-0.2, -0.15) is 0 Å². The molecule has 1 aliphatic rings. The third-order valence-electron chi connectivity index (χ3n) is 4.11. The second-order valence-electron chi connectivity index (χ2n) is 5.98. The van der Waals surface area contributed by atoms with E-state index in [1.807, 2.05) is 30.2 Å². The van der Waals surface area contributed by atoms with Crippen LogP contribution in [0.5, 0.6) is 0 Å². The Morgan fingerprint density at radius 1 is 1.52 bits per heavy atom. The summed E-state index contributed by atoms with van der Waals surface area (Å²) < 4.78 is 5.96. The van der Waals surface area contributed by atoms with E-state index >= 15 is 0 Å². The molecule has 1 atom stereocenters. The molecule has 1 saturated heterocycles. The molecule has 134 valence electrons. The number of rotatable bonds is 7. The van der Waals surface area contributed by atoms with Gasteiger partial charge in [0.25, 0.3) is 0 Å². The lowest BCUT2D eigenvalue weighted by atomic mass is 10.1. The molecule has 3 heterocycles. The molecule has 0 aliphatic carbocycles. The average Bonchev–Trinajstić information content (AvgIpc) is 3.14. The van der Waals surface area contributed by atoms with Crippen molar-refractivity contribution in [2.24, 2.45) is 0 Å². The van der Waals surface area contributed by atoms with Crippen molar-refractivity contribution in [1.82, 2.24) is 25.1 Å². The van der Waals surface area contributed by atoms with Crippen LogP contribution in [0.25, 0.3) is 0 Å². The van der Waals surface area contributed by atoms with E-state index in [-0.39, 0.29) is 12.0 Å². The summed E-state index contributed by atoms with van der Waals surface area (Å²) in [6.45, 7) is 3.99. The quantitative estimate of drug-likeness (QED) is 0.760. The van der Waals surface area contributed by atoms with Crippen LogP contribution in [-0.2, 0) is 22.6 Å². The third-order valence-corrected chi connectivity index (χ3v) is 4.94. The standard InChI is InChI=1S/C17H23N5O2S/c1-2-15-19-17(21-20-15)25-12-16(23)22-8-4-6-14(10-22)24-11-13-5-3-7-18-9-13/h3,5,7,9,14H,2,4,6,8,10-12H2,1H3,(H,19,20,21)/t14-/m0/s1. The first-order chi connectivity index (χ1) is 12.2. The topological polar surface area (TPSA) is 84.0 Å². The van der Waals surface area contributed by atoms with E-state index in [9.17, 15) is 4.79 Å². The van der Waals surface area contributed by atoms with Crippen LogP contribution in [-0.4, -0.2) is 55.9 Å². The molecule has 8 heteroatoms. The number of aromatic amines is 1. The molecule has 1 amide bonds. The van der Waals surface area contributed by atoms with E-state index in [0.29, 0.717) is 24.1 Å². The van der Waals surface area contributed by atoms with E-state index in [1.165, 1.54) is 11.8 Å². The van der Waals surface area contributed by atoms with Crippen molar-refractivity contribution in [2.75, 3.05) is 18.8 Å². The summed E-state index contributed by atoms with van der Waals surface area (Å²) in [4.78, 5) is 22.7. The van der Waals surface area contributed by atoms with Crippen LogP contribution < -0.4 is 0 Å². The smallest absolute Gasteiger partial charge is 0.233 e. The minimum atomic E-state index is 0.0816. The van der Waals surface area contributed by atoms with E-state index in [1.54, 1.807) is 6.20 Å². The molecule has 0 saturated carbocycles. The maximum atomic E-state index is 12.4. The Kier molecular flexibility index (Phi) is 6.41. The first-order valence-corrected chi connectivity index (χ1v) is 9.55. The van der Waals surface area contributed by atoms with Gasteiger partial charge < -0.3 is 9.64 Å². The van der Waals surface area contributed by atoms with Gasteiger partial charge in [-0.1, -0.05) is 24.8 Å². The van der Waals surface area contributed by atoms with Gasteiger partial charge in [-0.25, -0.2) is 4.98 Å². The lowest BCUT2D eigenvalue weighted by Gasteiger charge is -2.32. The number of piperidine rings is 1. The highest BCUT2D eigenvalue weighted by Gasteiger charge is 2.24. The number of pyridine rings is 1. The molecule has 7 nitrogen and oxygen atoms in total. The molecule has 1 fully saturated rings. The van der Waals surface area contributed by atoms with Gasteiger partial charge in [0.1, 0.15) is 5.82 Å². The van der Waals surface area contributed by atoms with Gasteiger partial charge in [0.05, 0.1) is 18.5 Å². The van der Waals surface area contributed by atoms with Crippen LogP contribution in [0.1, 0.15) is 31.2 Å². The fraction of sp³-hybridized carbons (Fsp3) is 0.529. The number of ether oxygens (including phenoxy) is 1. The number of nitrogens with one attached hydrogen (secondary N) is 1. The number of carbonyl (C=O) groups excluding carboxylic acids is 1. The number of thioether (sulfide) groups is 1. The van der Waals surface area contributed by atoms with Crippen molar-refractivity contribution in [1.29, 1.82) is 0 Å². The number of aryl methyl sites for hydroxylation is 1. The van der Waals surface area contributed by atoms with Crippen LogP contribution >= 0.6 is 11.8 Å². The molecular weight excluding hydrogens is 338 g/mol. The zero-order valence-electron chi connectivity index (χ0n) is 14.4. The molecule has 0 radical (unpaired) electrons. The third kappa shape index (κ3) is 5.27. The summed E-state index contributed by atoms with van der Waals surface area (Å²) in [5, 5.41) is 7.60. The van der Waals surface area contributed by atoms with Crippen LogP contribution in [0.3, 0.4) is 0 Å². The van der Waals surface area contributed by atoms with E-state index < -0.39 is 0 Å². The molecule has 2 aromatic heterocycles. The zero-order valence-corrected chi connectivity index (χ0v) is 15.2. The average molecular weight is 361 g/mol. The normalized spacial score (nSPS) is 17.6. The highest BCUT2D eigenvalue weighted by atomic mass is 32.2. The summed E-state index contributed by atoms with van der Waals surface area (Å²) in [5.74, 6) is 1.32. The van der Waals surface area contributed by atoms with Gasteiger partial charge in [0.15, 0.2) is 0 Å². The fourth-order valence-corrected chi connectivity index (χ4v) is 3.44. The van der Waals surface area contributed by atoms with Gasteiger partial charge in [-0.15, -0.1) is 5.10 Å². The lowest BCUT2D eigenvalue weighted by Crippen LogP contribution is -2.44. The number of nitrogens with zero attached hydrogens (tertiary/aromatic N) is 4. The number of amides is 1. The Bertz CT molecular complexity index is 679. The number of carbonyl (C=O) groups is 1. The minimum Gasteiger partial charge on any atom is -0.372 e. The van der Waals surface area contributed by atoms with Crippen molar-refractivity contribution in [3.8, 4) is 0 Å². The zero-order chi connectivity index (χ0) is 17.5. The van der Waals surface area contributed by atoms with Crippen molar-refractivity contribution < 1.29 is 9.53 Å². The molecule has 0 aromatic carbocycles. The highest BCUT2D eigenvalue weighted by molar-refractivity contribution is 7.99. The SMILES string of the molecule is CCc1nc(SCC(=O)N2CCC[C@H](OCc3cccnc3)C2)n[nH]1. The molecule has 1 N–H and O–H groups in total. The Hall–Kier alpha value is -1.93. The van der Waals surface area contributed by atoms with Gasteiger partial charge in [-0.3, -0.25) is 14.9 Å². The van der Waals surface area contributed by atoms with Crippen molar-refractivity contribution in [3.05, 3.63) is 35.9 Å². The van der Waals surface area contributed by atoms with Crippen molar-refractivity contribution in [3.63, 3.8) is 0 Å². The Morgan fingerprint density at radius 2 is 2.44 bits per heavy atom. The Labute approximate surface area is 151 Å². The number of hydrogen-bond acceptors (Lipinski definition) is 6. The second kappa shape index (κ2) is 8.96. The fourth-order valence-electron chi connectivity index (χ4n) is 2.72. The largest absolute Gasteiger partial charge is 0.372 e. The monoisotopic (exact) mass is 361 g/mol. The number of hydrogen-bond donors (Lipinski definition) is 1. The van der Waals surface area contributed by atoms with Gasteiger partial charge in [0.2, 0.25) is 11.1 Å². The molecule has 2 aromatic rings. The summed E-state index contributed by atoms with van der Waals surface area (Å²) in [7, 11) is 0. The Balaban J connectivity index is 1.44. The summed E-state index contributed by atoms with van der Waals surface area (Å²) in [6.07, 6.45) is 6.40. The molecule has 3 rings (SSSR count). The molecule has 25 heavy (non-hydrogen) atoms. The maximum absolute atomic E-state index is 12.4. The van der Waals surface area contributed by atoms with Crippen LogP contribution in [0, 0.1) is 0 Å². The number of likely N-dealkylation sites (tertiary alicyclic amines) is 1. The molecule has 0 unspecified atom stereocenters. The summed E-state index contributed by atoms with van der Waals surface area (Å²) in [6, 6.07) is 3.90. The van der Waals surface area contributed by atoms with Crippen LogP contribution in [0.4, 0.5) is 0 Å². The molecule has 0 spiro atoms. The minimum absolute atomic E-state index is 0.0816. The first kappa shape index (κ1) is 17.9. The van der Waals surface area contributed by atoms with E-state index in [0.717, 1.165) is 37.2 Å². The Morgan fingerprint density at radius 3 is 3.20 bits per heavy atom. The van der Waals surface area contributed by atoms with Crippen molar-refractivity contribution >= 4 is 17.7 Å². The first-order valence-electron chi connectivity index (χ1n) is 8.57. The van der Waals surface area contributed by atoms with Crippen LogP contribution in [0.15, 0.2) is 29.7 Å². The maximum Gasteiger partial charge on any atom is 0.233 e. The molecule has 1 aliphatic heterocycles. The predicted octanol–water partition coefficient (Wildman–Crippen LogP) is 2.06. The molecular formula is C17H23N5O2S. The predicted molar refractivity (Wildman–Crippen MR) is 95.1 cm³/mol. The van der Waals surface area contributed by atoms with Gasteiger partial charge in [-0.05, 0) is 24.5 Å². The highest BCUT2D eigenvalue weighted by Crippen LogP contribution is 2.18. The second-order valence-corrected chi connectivity index (χ2v) is 6.93. The van der Waals surface area contributed by atoms with Crippen molar-refractivity contribution in [2.45, 2.75) is 44.1 Å². The van der Waals surface area contributed by atoms with E-state index in [2.05, 4.69) is 20.2 Å². The van der Waals surface area contributed by atoms with Gasteiger partial charge in [0, 0.05) is 31.9 Å². The number of H-pyrrole nitrogens is 1. The summed E-state index contributed by atoms with van der Waals surface area (Å²) in [5.41, 5.74) is 1.05. The van der Waals surface area contributed by atoms with Crippen LogP contribution in [0.2, 0.25) is 0 Å². The lowest BCUT2D eigenvalue weighted by molar-refractivity contribution is -0.132. The van der Waals surface area contributed by atoms with Gasteiger partial charge >= 0.3 is 0 Å².